The number of rotatable bonds is 7. The molecule has 7 heteroatoms. The van der Waals surface area contributed by atoms with Gasteiger partial charge >= 0.3 is 0 Å². The first kappa shape index (κ1) is 16.0. The van der Waals surface area contributed by atoms with Crippen molar-refractivity contribution in [1.29, 1.82) is 0 Å². The molecule has 0 saturated carbocycles. The van der Waals surface area contributed by atoms with E-state index in [0.717, 1.165) is 23.6 Å². The molecule has 0 spiro atoms. The smallest absolute Gasteiger partial charge is 0.148 e. The monoisotopic (exact) mass is 285 g/mol. The van der Waals surface area contributed by atoms with Crippen LogP contribution in [0.5, 0.6) is 0 Å². The largest absolute Gasteiger partial charge is 0.395 e. The van der Waals surface area contributed by atoms with Gasteiger partial charge in [-0.15, -0.1) is 0 Å². The van der Waals surface area contributed by atoms with Gasteiger partial charge in [-0.2, -0.15) is 11.8 Å². The first-order valence-electron chi connectivity index (χ1n) is 6.31. The molecule has 0 radical (unpaired) electrons. The summed E-state index contributed by atoms with van der Waals surface area (Å²) in [5.74, 6) is 7.60. The van der Waals surface area contributed by atoms with Crippen LogP contribution in [-0.2, 0) is 6.42 Å². The van der Waals surface area contributed by atoms with E-state index in [9.17, 15) is 5.11 Å². The minimum absolute atomic E-state index is 0.101. The van der Waals surface area contributed by atoms with Crippen molar-refractivity contribution in [3.05, 3.63) is 11.4 Å². The third kappa shape index (κ3) is 3.95. The Bertz CT molecular complexity index is 411. The summed E-state index contributed by atoms with van der Waals surface area (Å²) in [5, 5.41) is 12.8. The third-order valence-electron chi connectivity index (χ3n) is 3.05. The zero-order chi connectivity index (χ0) is 14.4. The number of aryl methyl sites for hydroxylation is 1. The van der Waals surface area contributed by atoms with E-state index in [1.807, 2.05) is 27.0 Å². The molecule has 0 aliphatic heterocycles. The topological polar surface area (TPSA) is 96.1 Å². The second kappa shape index (κ2) is 7.52. The van der Waals surface area contributed by atoms with Crippen molar-refractivity contribution < 1.29 is 5.11 Å². The molecule has 1 heterocycles. The van der Waals surface area contributed by atoms with Crippen molar-refractivity contribution >= 4 is 23.4 Å². The van der Waals surface area contributed by atoms with Crippen LogP contribution >= 0.6 is 11.8 Å². The van der Waals surface area contributed by atoms with Crippen LogP contribution in [0.1, 0.15) is 25.2 Å². The lowest BCUT2D eigenvalue weighted by Crippen LogP contribution is -2.32. The Balaban J connectivity index is 2.99. The van der Waals surface area contributed by atoms with E-state index < -0.39 is 0 Å². The lowest BCUT2D eigenvalue weighted by Gasteiger charge is -2.23. The predicted octanol–water partition coefficient (Wildman–Crippen LogP) is 1.16. The number of nitrogens with two attached hydrogens (primary N) is 1. The van der Waals surface area contributed by atoms with Gasteiger partial charge in [-0.1, -0.05) is 6.92 Å². The Labute approximate surface area is 118 Å². The fourth-order valence-electron chi connectivity index (χ4n) is 1.75. The van der Waals surface area contributed by atoms with E-state index in [2.05, 4.69) is 20.7 Å². The standard InChI is InChI=1S/C12H23N5OS/c1-5-10-15-11(7(2)12(16-10)17-13)14-8(3)9(6-18)19-4/h8-9,18H,5-6,13H2,1-4H3,(H2,14,15,16,17). The van der Waals surface area contributed by atoms with Gasteiger partial charge in [-0.25, -0.2) is 15.8 Å². The molecule has 0 fully saturated rings. The fraction of sp³-hybridized carbons (Fsp3) is 0.667. The van der Waals surface area contributed by atoms with Gasteiger partial charge in [0.05, 0.1) is 6.61 Å². The number of aromatic nitrogens is 2. The summed E-state index contributed by atoms with van der Waals surface area (Å²) in [7, 11) is 0. The number of hydrogen-bond acceptors (Lipinski definition) is 7. The highest BCUT2D eigenvalue weighted by atomic mass is 32.2. The van der Waals surface area contributed by atoms with E-state index in [-0.39, 0.29) is 17.9 Å². The summed E-state index contributed by atoms with van der Waals surface area (Å²) in [6.45, 7) is 6.06. The number of nitrogens with one attached hydrogen (secondary N) is 2. The van der Waals surface area contributed by atoms with Crippen LogP contribution in [0, 0.1) is 6.92 Å². The second-order valence-corrected chi connectivity index (χ2v) is 5.43. The highest BCUT2D eigenvalue weighted by Crippen LogP contribution is 2.22. The molecule has 0 aliphatic carbocycles. The van der Waals surface area contributed by atoms with Crippen LogP contribution in [-0.4, -0.2) is 39.2 Å². The SMILES string of the molecule is CCc1nc(NN)c(C)c(NC(C)C(CO)SC)n1. The lowest BCUT2D eigenvalue weighted by molar-refractivity contribution is 0.288. The molecule has 0 aliphatic rings. The maximum Gasteiger partial charge on any atom is 0.148 e. The zero-order valence-corrected chi connectivity index (χ0v) is 12.7. The molecule has 2 unspecified atom stereocenters. The summed E-state index contributed by atoms with van der Waals surface area (Å²) in [6, 6.07) is 0.101. The number of anilines is 2. The first-order valence-corrected chi connectivity index (χ1v) is 7.60. The molecule has 0 amide bonds. The Morgan fingerprint density at radius 3 is 2.47 bits per heavy atom. The fourth-order valence-corrected chi connectivity index (χ4v) is 2.37. The van der Waals surface area contributed by atoms with Crippen LogP contribution in [0.3, 0.4) is 0 Å². The third-order valence-corrected chi connectivity index (χ3v) is 4.21. The summed E-state index contributed by atoms with van der Waals surface area (Å²) >= 11 is 1.63. The molecular formula is C12H23N5OS. The molecule has 108 valence electrons. The minimum atomic E-state index is 0.101. The van der Waals surface area contributed by atoms with Crippen LogP contribution in [0.4, 0.5) is 11.6 Å². The van der Waals surface area contributed by atoms with E-state index in [0.29, 0.717) is 5.82 Å². The molecule has 5 N–H and O–H groups in total. The molecule has 0 bridgehead atoms. The average molecular weight is 285 g/mol. The van der Waals surface area contributed by atoms with E-state index >= 15 is 0 Å². The van der Waals surface area contributed by atoms with Gasteiger partial charge in [0.15, 0.2) is 0 Å². The number of hydrogen-bond donors (Lipinski definition) is 4. The zero-order valence-electron chi connectivity index (χ0n) is 11.9. The van der Waals surface area contributed by atoms with Crippen molar-refractivity contribution in [3.63, 3.8) is 0 Å². The Hall–Kier alpha value is -1.05. The van der Waals surface area contributed by atoms with Crippen molar-refractivity contribution in [2.45, 2.75) is 38.5 Å². The maximum absolute atomic E-state index is 9.32. The molecule has 19 heavy (non-hydrogen) atoms. The molecule has 0 aromatic carbocycles. The summed E-state index contributed by atoms with van der Waals surface area (Å²) < 4.78 is 0. The Morgan fingerprint density at radius 2 is 2.00 bits per heavy atom. The number of aliphatic hydroxyl groups excluding tert-OH is 1. The molecule has 1 aromatic heterocycles. The van der Waals surface area contributed by atoms with E-state index in [1.165, 1.54) is 0 Å². The van der Waals surface area contributed by atoms with Gasteiger partial charge < -0.3 is 15.8 Å². The van der Waals surface area contributed by atoms with Gasteiger partial charge in [0.2, 0.25) is 0 Å². The Morgan fingerprint density at radius 1 is 1.37 bits per heavy atom. The lowest BCUT2D eigenvalue weighted by atomic mass is 10.2. The maximum atomic E-state index is 9.32. The van der Waals surface area contributed by atoms with Gasteiger partial charge in [0.1, 0.15) is 17.5 Å². The van der Waals surface area contributed by atoms with Gasteiger partial charge in [-0.05, 0) is 20.1 Å². The van der Waals surface area contributed by atoms with Crippen molar-refractivity contribution in [3.8, 4) is 0 Å². The second-order valence-electron chi connectivity index (χ2n) is 4.35. The summed E-state index contributed by atoms with van der Waals surface area (Å²) in [5.41, 5.74) is 3.47. The normalized spacial score (nSPS) is 14.0. The number of hydrazine groups is 1. The van der Waals surface area contributed by atoms with Crippen LogP contribution in [0.2, 0.25) is 0 Å². The highest BCUT2D eigenvalue weighted by molar-refractivity contribution is 7.99. The van der Waals surface area contributed by atoms with Crippen LogP contribution in [0.15, 0.2) is 0 Å². The first-order chi connectivity index (χ1) is 9.07. The van der Waals surface area contributed by atoms with Crippen LogP contribution < -0.4 is 16.6 Å². The van der Waals surface area contributed by atoms with Crippen molar-refractivity contribution in [2.75, 3.05) is 23.6 Å². The highest BCUT2D eigenvalue weighted by Gasteiger charge is 2.18. The quantitative estimate of drug-likeness (QED) is 0.441. The van der Waals surface area contributed by atoms with Crippen molar-refractivity contribution in [1.82, 2.24) is 9.97 Å². The van der Waals surface area contributed by atoms with Gasteiger partial charge in [-0.3, -0.25) is 0 Å². The molecule has 0 saturated heterocycles. The number of thioether (sulfide) groups is 1. The van der Waals surface area contributed by atoms with Gasteiger partial charge in [0.25, 0.3) is 0 Å². The minimum Gasteiger partial charge on any atom is -0.395 e. The molecule has 1 aromatic rings. The van der Waals surface area contributed by atoms with E-state index in [4.69, 9.17) is 5.84 Å². The summed E-state index contributed by atoms with van der Waals surface area (Å²) in [6.07, 6.45) is 2.72. The van der Waals surface area contributed by atoms with E-state index in [1.54, 1.807) is 11.8 Å². The number of nitrogens with zero attached hydrogens (tertiary/aromatic N) is 2. The Kier molecular flexibility index (Phi) is 6.33. The predicted molar refractivity (Wildman–Crippen MR) is 81.4 cm³/mol. The molecular weight excluding hydrogens is 262 g/mol. The van der Waals surface area contributed by atoms with Crippen LogP contribution in [0.25, 0.3) is 0 Å². The molecule has 6 nitrogen and oxygen atoms in total. The number of nitrogen functional groups attached to an aromatic ring is 1. The number of aliphatic hydroxyl groups is 1. The summed E-state index contributed by atoms with van der Waals surface area (Å²) in [4.78, 5) is 8.80. The molecule has 2 atom stereocenters. The average Bonchev–Trinajstić information content (AvgIpc) is 2.42. The van der Waals surface area contributed by atoms with Crippen molar-refractivity contribution in [2.24, 2.45) is 5.84 Å². The molecule has 1 rings (SSSR count). The van der Waals surface area contributed by atoms with Gasteiger partial charge in [0, 0.05) is 23.3 Å².